The van der Waals surface area contributed by atoms with Gasteiger partial charge in [0.2, 0.25) is 5.91 Å². The lowest BCUT2D eigenvalue weighted by Gasteiger charge is -2.26. The van der Waals surface area contributed by atoms with Crippen LogP contribution in [0.2, 0.25) is 0 Å². The molecule has 1 aliphatic rings. The number of carbonyl (C=O) groups excluding carboxylic acids is 1. The number of para-hydroxylation sites is 1. The number of hydrogen-bond acceptors (Lipinski definition) is 6. The van der Waals surface area contributed by atoms with Crippen LogP contribution in [0.5, 0.6) is 0 Å². The van der Waals surface area contributed by atoms with Crippen LogP contribution >= 0.6 is 11.8 Å². The van der Waals surface area contributed by atoms with Gasteiger partial charge in [-0.25, -0.2) is 14.4 Å². The second kappa shape index (κ2) is 10.2. The molecule has 1 N–H and O–H groups in total. The van der Waals surface area contributed by atoms with Gasteiger partial charge in [-0.3, -0.25) is 9.69 Å². The van der Waals surface area contributed by atoms with Crippen molar-refractivity contribution in [2.24, 2.45) is 0 Å². The Morgan fingerprint density at radius 1 is 1.16 bits per heavy atom. The molecule has 31 heavy (non-hydrogen) atoms. The van der Waals surface area contributed by atoms with Gasteiger partial charge >= 0.3 is 0 Å². The van der Waals surface area contributed by atoms with E-state index in [0.29, 0.717) is 13.1 Å². The molecule has 1 unspecified atom stereocenters. The molecular formula is C23H25FN4O2S. The minimum Gasteiger partial charge on any atom is -0.379 e. The Labute approximate surface area is 185 Å². The number of carbonyl (C=O) groups is 1. The molecule has 0 bridgehead atoms. The normalized spacial score (nSPS) is 15.7. The van der Waals surface area contributed by atoms with Crippen molar-refractivity contribution < 1.29 is 13.9 Å². The van der Waals surface area contributed by atoms with Crippen LogP contribution in [-0.2, 0) is 22.6 Å². The zero-order valence-electron chi connectivity index (χ0n) is 17.4. The van der Waals surface area contributed by atoms with Gasteiger partial charge in [-0.2, -0.15) is 0 Å². The van der Waals surface area contributed by atoms with Crippen molar-refractivity contribution >= 4 is 28.6 Å². The molecule has 0 spiro atoms. The summed E-state index contributed by atoms with van der Waals surface area (Å²) in [6.07, 6.45) is 0. The fourth-order valence-electron chi connectivity index (χ4n) is 3.37. The molecule has 0 saturated carbocycles. The summed E-state index contributed by atoms with van der Waals surface area (Å²) in [7, 11) is 0. The minimum atomic E-state index is -0.338. The third-order valence-electron chi connectivity index (χ3n) is 5.12. The van der Waals surface area contributed by atoms with Crippen molar-refractivity contribution in [3.05, 3.63) is 65.7 Å². The summed E-state index contributed by atoms with van der Waals surface area (Å²) in [5, 5.41) is 4.33. The first-order valence-electron chi connectivity index (χ1n) is 10.3. The van der Waals surface area contributed by atoms with E-state index in [9.17, 15) is 9.18 Å². The molecule has 1 aliphatic heterocycles. The molecule has 2 aromatic carbocycles. The highest BCUT2D eigenvalue weighted by atomic mass is 32.2. The number of ether oxygens (including phenoxy) is 1. The Bertz CT molecular complexity index is 1040. The number of halogens is 1. The van der Waals surface area contributed by atoms with Gasteiger partial charge in [0.25, 0.3) is 0 Å². The molecule has 2 heterocycles. The molecule has 4 rings (SSSR count). The largest absolute Gasteiger partial charge is 0.379 e. The number of nitrogens with one attached hydrogen (secondary N) is 1. The summed E-state index contributed by atoms with van der Waals surface area (Å²) in [6, 6.07) is 14.0. The van der Waals surface area contributed by atoms with Crippen molar-refractivity contribution in [2.45, 2.75) is 30.3 Å². The summed E-state index contributed by atoms with van der Waals surface area (Å²) in [4.78, 5) is 24.5. The highest BCUT2D eigenvalue weighted by Gasteiger charge is 2.19. The smallest absolute Gasteiger partial charge is 0.233 e. The van der Waals surface area contributed by atoms with E-state index < -0.39 is 0 Å². The molecule has 162 valence electrons. The molecule has 1 saturated heterocycles. The van der Waals surface area contributed by atoms with Crippen molar-refractivity contribution in [3.63, 3.8) is 0 Å². The lowest BCUT2D eigenvalue weighted by molar-refractivity contribution is -0.120. The maximum absolute atomic E-state index is 13.1. The van der Waals surface area contributed by atoms with Crippen molar-refractivity contribution in [1.29, 1.82) is 0 Å². The van der Waals surface area contributed by atoms with E-state index in [-0.39, 0.29) is 17.0 Å². The fraction of sp³-hybridized carbons (Fsp3) is 0.348. The van der Waals surface area contributed by atoms with Crippen molar-refractivity contribution in [3.8, 4) is 0 Å². The van der Waals surface area contributed by atoms with Crippen molar-refractivity contribution in [2.75, 3.05) is 26.3 Å². The van der Waals surface area contributed by atoms with Crippen LogP contribution < -0.4 is 5.32 Å². The van der Waals surface area contributed by atoms with E-state index in [2.05, 4.69) is 10.2 Å². The number of aromatic nitrogens is 2. The van der Waals surface area contributed by atoms with E-state index in [1.54, 1.807) is 12.1 Å². The summed E-state index contributed by atoms with van der Waals surface area (Å²) in [5.41, 5.74) is 1.73. The number of amides is 1. The van der Waals surface area contributed by atoms with E-state index in [4.69, 9.17) is 14.7 Å². The number of thioether (sulfide) groups is 1. The molecular weight excluding hydrogens is 415 g/mol. The highest BCUT2D eigenvalue weighted by molar-refractivity contribution is 8.00. The summed E-state index contributed by atoms with van der Waals surface area (Å²) >= 11 is 1.43. The lowest BCUT2D eigenvalue weighted by atomic mass is 10.2. The Balaban J connectivity index is 1.46. The molecule has 0 radical (unpaired) electrons. The fourth-order valence-corrected chi connectivity index (χ4v) is 4.35. The monoisotopic (exact) mass is 440 g/mol. The Morgan fingerprint density at radius 3 is 2.68 bits per heavy atom. The van der Waals surface area contributed by atoms with E-state index in [1.807, 2.05) is 31.2 Å². The highest BCUT2D eigenvalue weighted by Crippen LogP contribution is 2.29. The van der Waals surface area contributed by atoms with Crippen LogP contribution in [0.15, 0.2) is 53.6 Å². The van der Waals surface area contributed by atoms with Crippen LogP contribution in [-0.4, -0.2) is 52.3 Å². The average Bonchev–Trinajstić information content (AvgIpc) is 2.79. The quantitative estimate of drug-likeness (QED) is 0.449. The maximum Gasteiger partial charge on any atom is 0.233 e. The van der Waals surface area contributed by atoms with Crippen LogP contribution in [0.1, 0.15) is 18.3 Å². The zero-order chi connectivity index (χ0) is 21.6. The maximum atomic E-state index is 13.1. The van der Waals surface area contributed by atoms with E-state index in [0.717, 1.165) is 53.6 Å². The average molecular weight is 441 g/mol. The standard InChI is InChI=1S/C23H25FN4O2S/c1-16(22(29)25-14-17-6-8-18(24)9-7-17)31-23-19-4-2-3-5-20(19)26-21(27-23)15-28-10-12-30-13-11-28/h2-9,16H,10-15H2,1H3,(H,25,29). The van der Waals surface area contributed by atoms with Gasteiger partial charge in [-0.1, -0.05) is 42.1 Å². The number of hydrogen-bond donors (Lipinski definition) is 1. The number of rotatable bonds is 7. The first-order chi connectivity index (χ1) is 15.1. The molecule has 8 heteroatoms. The van der Waals surface area contributed by atoms with Crippen LogP contribution in [0.25, 0.3) is 10.9 Å². The van der Waals surface area contributed by atoms with Crippen LogP contribution in [0.3, 0.4) is 0 Å². The van der Waals surface area contributed by atoms with Gasteiger partial charge in [0.1, 0.15) is 16.7 Å². The van der Waals surface area contributed by atoms with E-state index in [1.165, 1.54) is 23.9 Å². The van der Waals surface area contributed by atoms with Gasteiger partial charge in [-0.05, 0) is 30.7 Å². The summed E-state index contributed by atoms with van der Waals surface area (Å²) < 4.78 is 18.5. The number of fused-ring (bicyclic) bond motifs is 1. The van der Waals surface area contributed by atoms with Crippen LogP contribution in [0, 0.1) is 5.82 Å². The van der Waals surface area contributed by atoms with E-state index >= 15 is 0 Å². The number of morpholine rings is 1. The van der Waals surface area contributed by atoms with Gasteiger partial charge in [0.05, 0.1) is 30.5 Å². The molecule has 0 aliphatic carbocycles. The molecule has 1 amide bonds. The van der Waals surface area contributed by atoms with Gasteiger partial charge in [0, 0.05) is 25.0 Å². The lowest BCUT2D eigenvalue weighted by Crippen LogP contribution is -2.36. The first-order valence-corrected chi connectivity index (χ1v) is 11.2. The van der Waals surface area contributed by atoms with Gasteiger partial charge < -0.3 is 10.1 Å². The molecule has 1 atom stereocenters. The minimum absolute atomic E-state index is 0.0910. The third kappa shape index (κ3) is 5.78. The topological polar surface area (TPSA) is 67.3 Å². The molecule has 1 fully saturated rings. The second-order valence-corrected chi connectivity index (χ2v) is 8.78. The van der Waals surface area contributed by atoms with Gasteiger partial charge in [-0.15, -0.1) is 0 Å². The molecule has 3 aromatic rings. The first kappa shape index (κ1) is 21.7. The molecule has 6 nitrogen and oxygen atoms in total. The Morgan fingerprint density at radius 2 is 1.90 bits per heavy atom. The predicted molar refractivity (Wildman–Crippen MR) is 119 cm³/mol. The van der Waals surface area contributed by atoms with Gasteiger partial charge in [0.15, 0.2) is 0 Å². The summed E-state index contributed by atoms with van der Waals surface area (Å²) in [5.74, 6) is 0.372. The van der Waals surface area contributed by atoms with Crippen LogP contribution in [0.4, 0.5) is 4.39 Å². The predicted octanol–water partition coefficient (Wildman–Crippen LogP) is 3.40. The number of benzene rings is 2. The third-order valence-corrected chi connectivity index (χ3v) is 6.22. The second-order valence-electron chi connectivity index (χ2n) is 7.46. The molecule has 1 aromatic heterocycles. The Kier molecular flexibility index (Phi) is 7.11. The zero-order valence-corrected chi connectivity index (χ0v) is 18.2. The Hall–Kier alpha value is -2.55. The SMILES string of the molecule is CC(Sc1nc(CN2CCOCC2)nc2ccccc12)C(=O)NCc1ccc(F)cc1. The number of nitrogens with zero attached hydrogens (tertiary/aromatic N) is 3. The van der Waals surface area contributed by atoms with Crippen molar-refractivity contribution in [1.82, 2.24) is 20.2 Å². The summed E-state index contributed by atoms with van der Waals surface area (Å²) in [6.45, 7) is 6.05.